The molecule has 0 radical (unpaired) electrons. The predicted molar refractivity (Wildman–Crippen MR) is 20.8 cm³/mol. The molecule has 0 amide bonds. The molecule has 0 aliphatic rings. The molecule has 0 saturated carbocycles. The fourth-order valence-corrected chi connectivity index (χ4v) is 0. The van der Waals surface area contributed by atoms with Crippen LogP contribution in [0.25, 0.3) is 0 Å². The third kappa shape index (κ3) is 4.27. The van der Waals surface area contributed by atoms with E-state index in [-0.39, 0.29) is 0 Å². The number of halogens is 1. The molecule has 0 aromatic carbocycles. The number of allylic oxidation sites excluding steroid dienone is 1. The molecule has 0 heterocycles. The zero-order valence-electron chi connectivity index (χ0n) is 3.24. The fraction of sp³-hybridized carbons (Fsp3) is 0.333. The molecule has 0 fully saturated rings. The number of rotatable bonds is 1. The molecule has 1 unspecified atom stereocenters. The number of hydrogen-bond donors (Lipinski definition) is 0. The Morgan fingerprint density at radius 2 is 2.20 bits per heavy atom. The molecule has 0 nitrogen and oxygen atoms in total. The SMILES string of the molecule is [Li][CH](F)C=C. The molecule has 2 heteroatoms. The summed E-state index contributed by atoms with van der Waals surface area (Å²) in [6.45, 7) is 3.19. The summed E-state index contributed by atoms with van der Waals surface area (Å²) in [5.41, 5.74) is 0. The second-order valence-corrected chi connectivity index (χ2v) is 0.913. The van der Waals surface area contributed by atoms with Crippen molar-refractivity contribution in [3.8, 4) is 0 Å². The normalized spacial score (nSPS) is 14.2. The first kappa shape index (κ1) is 5.27. The molecule has 0 spiro atoms. The molecule has 5 heavy (non-hydrogen) atoms. The van der Waals surface area contributed by atoms with E-state index in [2.05, 4.69) is 6.58 Å². The van der Waals surface area contributed by atoms with Gasteiger partial charge in [0.15, 0.2) is 0 Å². The van der Waals surface area contributed by atoms with Crippen LogP contribution in [0.15, 0.2) is 12.7 Å². The Balaban J connectivity index is 2.83. The zero-order chi connectivity index (χ0) is 4.28. The van der Waals surface area contributed by atoms with Crippen molar-refractivity contribution in [1.82, 2.24) is 0 Å². The number of alkyl halides is 1. The van der Waals surface area contributed by atoms with Crippen molar-refractivity contribution in [1.29, 1.82) is 0 Å². The maximum absolute atomic E-state index is 11.3. The van der Waals surface area contributed by atoms with Crippen molar-refractivity contribution >= 4 is 17.7 Å². The van der Waals surface area contributed by atoms with Gasteiger partial charge >= 0.3 is 39.6 Å². The number of hydrogen-bond acceptors (Lipinski definition) is 0. The van der Waals surface area contributed by atoms with Crippen molar-refractivity contribution in [2.45, 2.75) is 4.84 Å². The van der Waals surface area contributed by atoms with Crippen molar-refractivity contribution in [3.05, 3.63) is 12.7 Å². The molecule has 0 rings (SSSR count). The predicted octanol–water partition coefficient (Wildman–Crippen LogP) is 0.636. The van der Waals surface area contributed by atoms with E-state index in [1.165, 1.54) is 23.8 Å². The van der Waals surface area contributed by atoms with Crippen LogP contribution >= 0.6 is 0 Å². The van der Waals surface area contributed by atoms with Crippen LogP contribution in [0.2, 0.25) is 0 Å². The van der Waals surface area contributed by atoms with Gasteiger partial charge in [0, 0.05) is 0 Å². The van der Waals surface area contributed by atoms with Crippen LogP contribution in [0.4, 0.5) is 4.39 Å². The standard InChI is InChI=1S/C3H4F.Li/c1-2-3-4;/h2-3H,1H2;. The van der Waals surface area contributed by atoms with Crippen LogP contribution in [0.3, 0.4) is 0 Å². The summed E-state index contributed by atoms with van der Waals surface area (Å²) in [6.07, 6.45) is 1.25. The van der Waals surface area contributed by atoms with Gasteiger partial charge in [-0.3, -0.25) is 0 Å². The van der Waals surface area contributed by atoms with Gasteiger partial charge in [-0.25, -0.2) is 0 Å². The monoisotopic (exact) mass is 66.0 g/mol. The van der Waals surface area contributed by atoms with Gasteiger partial charge in [0.25, 0.3) is 0 Å². The Kier molecular flexibility index (Phi) is 2.64. The third-order valence-electron chi connectivity index (χ3n) is 0.325. The summed E-state index contributed by atoms with van der Waals surface area (Å²) in [4.78, 5) is -0.852. The van der Waals surface area contributed by atoms with Gasteiger partial charge in [-0.1, -0.05) is 0 Å². The first-order valence-electron chi connectivity index (χ1n) is 1.54. The second kappa shape index (κ2) is 2.50. The van der Waals surface area contributed by atoms with Gasteiger partial charge in [-0.05, 0) is 0 Å². The summed E-state index contributed by atoms with van der Waals surface area (Å²) in [7, 11) is 0. The van der Waals surface area contributed by atoms with Crippen LogP contribution in [-0.4, -0.2) is 22.6 Å². The van der Waals surface area contributed by atoms with E-state index in [9.17, 15) is 4.39 Å². The molecule has 24 valence electrons. The van der Waals surface area contributed by atoms with Gasteiger partial charge in [-0.15, -0.1) is 0 Å². The van der Waals surface area contributed by atoms with E-state index in [0.29, 0.717) is 0 Å². The quantitative estimate of drug-likeness (QED) is 0.311. The van der Waals surface area contributed by atoms with E-state index in [1.54, 1.807) is 0 Å². The second-order valence-electron chi connectivity index (χ2n) is 0.913. The summed E-state index contributed by atoms with van der Waals surface area (Å²) in [5.74, 6) is 0. The first-order valence-corrected chi connectivity index (χ1v) is 1.54. The van der Waals surface area contributed by atoms with Crippen molar-refractivity contribution in [2.24, 2.45) is 0 Å². The van der Waals surface area contributed by atoms with Crippen LogP contribution in [0.5, 0.6) is 0 Å². The molecule has 1 atom stereocenters. The summed E-state index contributed by atoms with van der Waals surface area (Å²) < 4.78 is 11.3. The van der Waals surface area contributed by atoms with Crippen LogP contribution in [0.1, 0.15) is 0 Å². The third-order valence-corrected chi connectivity index (χ3v) is 0.325. The molecule has 0 aliphatic heterocycles. The van der Waals surface area contributed by atoms with E-state index in [0.717, 1.165) is 0 Å². The summed E-state index contributed by atoms with van der Waals surface area (Å²) in [5, 5.41) is 0. The van der Waals surface area contributed by atoms with E-state index in [4.69, 9.17) is 0 Å². The zero-order valence-corrected chi connectivity index (χ0v) is 3.24. The van der Waals surface area contributed by atoms with Crippen molar-refractivity contribution in [3.63, 3.8) is 0 Å². The van der Waals surface area contributed by atoms with Gasteiger partial charge < -0.3 is 0 Å². The molecule has 0 bridgehead atoms. The first-order chi connectivity index (χ1) is 2.27. The molecule has 0 aliphatic carbocycles. The molecule has 0 aromatic rings. The molecular weight excluding hydrogens is 62.0 g/mol. The average molecular weight is 66.0 g/mol. The van der Waals surface area contributed by atoms with Crippen LogP contribution in [0, 0.1) is 0 Å². The summed E-state index contributed by atoms with van der Waals surface area (Å²) >= 11 is 1.44. The Hall–Kier alpha value is 0.267. The van der Waals surface area contributed by atoms with Gasteiger partial charge in [0.2, 0.25) is 0 Å². The van der Waals surface area contributed by atoms with Crippen molar-refractivity contribution < 1.29 is 4.39 Å². The van der Waals surface area contributed by atoms with Crippen LogP contribution < -0.4 is 0 Å². The Bertz CT molecular complexity index is 33.9. The Labute approximate surface area is 40.3 Å². The summed E-state index contributed by atoms with van der Waals surface area (Å²) in [6, 6.07) is 0. The molecule has 0 N–H and O–H groups in total. The van der Waals surface area contributed by atoms with Gasteiger partial charge in [-0.2, -0.15) is 0 Å². The molecular formula is C3H4FLi. The van der Waals surface area contributed by atoms with E-state index < -0.39 is 4.84 Å². The van der Waals surface area contributed by atoms with Gasteiger partial charge in [0.05, 0.1) is 0 Å². The van der Waals surface area contributed by atoms with E-state index >= 15 is 0 Å². The minimum absolute atomic E-state index is 0.852. The van der Waals surface area contributed by atoms with Crippen molar-refractivity contribution in [2.75, 3.05) is 0 Å². The van der Waals surface area contributed by atoms with Gasteiger partial charge in [0.1, 0.15) is 0 Å². The molecule has 0 aromatic heterocycles. The minimum atomic E-state index is -0.852. The van der Waals surface area contributed by atoms with E-state index in [1.807, 2.05) is 0 Å². The van der Waals surface area contributed by atoms with Crippen LogP contribution in [-0.2, 0) is 0 Å². The topological polar surface area (TPSA) is 0 Å². The maximum atomic E-state index is 11.3. The Morgan fingerprint density at radius 3 is 2.20 bits per heavy atom. The average Bonchev–Trinajstić information content (AvgIpc) is 1.38. The Morgan fingerprint density at radius 1 is 2.00 bits per heavy atom. The molecule has 0 saturated heterocycles. The fourth-order valence-electron chi connectivity index (χ4n) is 0.